The zero-order valence-electron chi connectivity index (χ0n) is 24.5. The Hall–Kier alpha value is -0.0400. The fraction of sp³-hybridized carbons (Fsp3) is 1.00. The summed E-state index contributed by atoms with van der Waals surface area (Å²) in [5.74, 6) is 0. The molecule has 0 bridgehead atoms. The molecular formula is C33H68O. The topological polar surface area (TPSA) is 9.23 Å². The van der Waals surface area contributed by atoms with E-state index in [1.165, 1.54) is 180 Å². The Labute approximate surface area is 218 Å². The summed E-state index contributed by atoms with van der Waals surface area (Å²) in [5.41, 5.74) is 0. The maximum Gasteiger partial charge on any atom is 0.0572 e. The lowest BCUT2D eigenvalue weighted by atomic mass is 10.0. The second-order valence-corrected chi connectivity index (χ2v) is 11.2. The molecule has 0 saturated carbocycles. The van der Waals surface area contributed by atoms with Gasteiger partial charge in [-0.2, -0.15) is 0 Å². The molecule has 0 aromatic rings. The largest absolute Gasteiger partial charge is 0.378 e. The highest BCUT2D eigenvalue weighted by Crippen LogP contribution is 2.16. The Morgan fingerprint density at radius 2 is 0.647 bits per heavy atom. The molecule has 0 amide bonds. The zero-order chi connectivity index (χ0) is 24.8. The molecule has 0 aliphatic rings. The van der Waals surface area contributed by atoms with E-state index < -0.39 is 0 Å². The van der Waals surface area contributed by atoms with Crippen LogP contribution in [0.3, 0.4) is 0 Å². The first-order valence-electron chi connectivity index (χ1n) is 16.5. The van der Waals surface area contributed by atoms with Crippen molar-refractivity contribution in [3.63, 3.8) is 0 Å². The maximum absolute atomic E-state index is 6.20. The van der Waals surface area contributed by atoms with Crippen LogP contribution in [-0.2, 0) is 4.74 Å². The number of hydrogen-bond donors (Lipinski definition) is 0. The summed E-state index contributed by atoms with van der Waals surface area (Å²) in [4.78, 5) is 0. The monoisotopic (exact) mass is 481 g/mol. The maximum atomic E-state index is 6.20. The Morgan fingerprint density at radius 1 is 0.353 bits per heavy atom. The molecule has 0 aliphatic carbocycles. The molecular weight excluding hydrogens is 412 g/mol. The van der Waals surface area contributed by atoms with E-state index in [0.29, 0.717) is 6.10 Å². The van der Waals surface area contributed by atoms with Gasteiger partial charge in [0.05, 0.1) is 6.10 Å². The van der Waals surface area contributed by atoms with Crippen molar-refractivity contribution in [2.45, 2.75) is 207 Å². The Kier molecular flexibility index (Phi) is 31.0. The van der Waals surface area contributed by atoms with Gasteiger partial charge in [-0.3, -0.25) is 0 Å². The van der Waals surface area contributed by atoms with Crippen LogP contribution >= 0.6 is 0 Å². The summed E-state index contributed by atoms with van der Waals surface area (Å²) < 4.78 is 6.20. The van der Waals surface area contributed by atoms with Gasteiger partial charge >= 0.3 is 0 Å². The van der Waals surface area contributed by atoms with E-state index >= 15 is 0 Å². The summed E-state index contributed by atoms with van der Waals surface area (Å²) >= 11 is 0. The minimum atomic E-state index is 0.519. The Bertz CT molecular complexity index is 339. The van der Waals surface area contributed by atoms with E-state index in [2.05, 4.69) is 20.8 Å². The molecule has 1 atom stereocenters. The van der Waals surface area contributed by atoms with Gasteiger partial charge in [0.1, 0.15) is 0 Å². The molecule has 206 valence electrons. The van der Waals surface area contributed by atoms with Gasteiger partial charge in [-0.15, -0.1) is 0 Å². The molecule has 0 spiro atoms. The third kappa shape index (κ3) is 28.2. The first-order valence-corrected chi connectivity index (χ1v) is 16.5. The highest BCUT2D eigenvalue weighted by atomic mass is 16.5. The average molecular weight is 481 g/mol. The van der Waals surface area contributed by atoms with Gasteiger partial charge < -0.3 is 4.74 Å². The molecule has 1 nitrogen and oxygen atoms in total. The van der Waals surface area contributed by atoms with Crippen molar-refractivity contribution in [2.24, 2.45) is 0 Å². The van der Waals surface area contributed by atoms with Crippen LogP contribution in [0, 0.1) is 0 Å². The zero-order valence-corrected chi connectivity index (χ0v) is 24.5. The van der Waals surface area contributed by atoms with Crippen molar-refractivity contribution in [1.29, 1.82) is 0 Å². The molecule has 0 rings (SSSR count). The smallest absolute Gasteiger partial charge is 0.0572 e. The van der Waals surface area contributed by atoms with Crippen LogP contribution in [0.5, 0.6) is 0 Å². The van der Waals surface area contributed by atoms with Gasteiger partial charge in [0.2, 0.25) is 0 Å². The van der Waals surface area contributed by atoms with E-state index in [4.69, 9.17) is 4.74 Å². The van der Waals surface area contributed by atoms with Gasteiger partial charge in [0.15, 0.2) is 0 Å². The van der Waals surface area contributed by atoms with Crippen LogP contribution in [0.1, 0.15) is 201 Å². The van der Waals surface area contributed by atoms with Crippen molar-refractivity contribution in [3.05, 3.63) is 0 Å². The van der Waals surface area contributed by atoms with Gasteiger partial charge in [0.25, 0.3) is 0 Å². The van der Waals surface area contributed by atoms with Crippen molar-refractivity contribution >= 4 is 0 Å². The van der Waals surface area contributed by atoms with E-state index in [0.717, 1.165) is 6.61 Å². The van der Waals surface area contributed by atoms with Crippen LogP contribution in [-0.4, -0.2) is 12.7 Å². The second-order valence-electron chi connectivity index (χ2n) is 11.2. The van der Waals surface area contributed by atoms with E-state index in [1.54, 1.807) is 0 Å². The average Bonchev–Trinajstić information content (AvgIpc) is 2.85. The molecule has 0 heterocycles. The Morgan fingerprint density at radius 3 is 0.971 bits per heavy atom. The van der Waals surface area contributed by atoms with Crippen LogP contribution < -0.4 is 0 Å². The van der Waals surface area contributed by atoms with Crippen molar-refractivity contribution in [2.75, 3.05) is 6.61 Å². The standard InChI is InChI=1S/C33H68O/c1-4-7-9-11-13-15-17-19-20-21-23-25-27-29-31-33(6-3)34-32-30-28-26-24-22-18-16-14-12-10-8-5-2/h33H,4-32H2,1-3H3. The van der Waals surface area contributed by atoms with E-state index in [1.807, 2.05) is 0 Å². The normalized spacial score (nSPS) is 12.4. The van der Waals surface area contributed by atoms with Crippen LogP contribution in [0.15, 0.2) is 0 Å². The predicted octanol–water partition coefficient (Wildman–Crippen LogP) is 12.4. The van der Waals surface area contributed by atoms with Crippen molar-refractivity contribution in [3.8, 4) is 0 Å². The molecule has 0 N–H and O–H groups in total. The van der Waals surface area contributed by atoms with Crippen LogP contribution in [0.2, 0.25) is 0 Å². The first-order chi connectivity index (χ1) is 16.8. The lowest BCUT2D eigenvalue weighted by molar-refractivity contribution is 0.0406. The van der Waals surface area contributed by atoms with Crippen LogP contribution in [0.25, 0.3) is 0 Å². The molecule has 0 fully saturated rings. The summed E-state index contributed by atoms with van der Waals surface area (Å²) in [5, 5.41) is 0. The quantitative estimate of drug-likeness (QED) is 0.0928. The van der Waals surface area contributed by atoms with Crippen LogP contribution in [0.4, 0.5) is 0 Å². The van der Waals surface area contributed by atoms with E-state index in [9.17, 15) is 0 Å². The molecule has 1 heteroatoms. The third-order valence-corrected chi connectivity index (χ3v) is 7.69. The van der Waals surface area contributed by atoms with Gasteiger partial charge in [-0.25, -0.2) is 0 Å². The van der Waals surface area contributed by atoms with Gasteiger partial charge in [0, 0.05) is 6.61 Å². The molecule has 34 heavy (non-hydrogen) atoms. The highest BCUT2D eigenvalue weighted by Gasteiger charge is 2.06. The number of ether oxygens (including phenoxy) is 1. The number of hydrogen-bond acceptors (Lipinski definition) is 1. The fourth-order valence-corrected chi connectivity index (χ4v) is 5.16. The van der Waals surface area contributed by atoms with E-state index in [-0.39, 0.29) is 0 Å². The van der Waals surface area contributed by atoms with Crippen molar-refractivity contribution in [1.82, 2.24) is 0 Å². The van der Waals surface area contributed by atoms with Gasteiger partial charge in [-0.1, -0.05) is 181 Å². The molecule has 0 aromatic heterocycles. The highest BCUT2D eigenvalue weighted by molar-refractivity contribution is 4.57. The van der Waals surface area contributed by atoms with Gasteiger partial charge in [-0.05, 0) is 19.3 Å². The minimum absolute atomic E-state index is 0.519. The molecule has 0 aliphatic heterocycles. The predicted molar refractivity (Wildman–Crippen MR) is 156 cm³/mol. The molecule has 0 aromatic carbocycles. The first kappa shape index (κ1) is 34.0. The second kappa shape index (κ2) is 31.0. The summed E-state index contributed by atoms with van der Waals surface area (Å²) in [6.07, 6.45) is 40.2. The molecule has 0 saturated heterocycles. The Balaban J connectivity index is 3.26. The summed E-state index contributed by atoms with van der Waals surface area (Å²) in [6.45, 7) is 7.90. The summed E-state index contributed by atoms with van der Waals surface area (Å²) in [6, 6.07) is 0. The number of unbranched alkanes of at least 4 members (excludes halogenated alkanes) is 24. The van der Waals surface area contributed by atoms with Crippen molar-refractivity contribution < 1.29 is 4.74 Å². The lowest BCUT2D eigenvalue weighted by Crippen LogP contribution is -2.12. The SMILES string of the molecule is CCCCCCCCCCCCCCCCC(CC)OCCCCCCCCCCCCCC. The lowest BCUT2D eigenvalue weighted by Gasteiger charge is -2.16. The minimum Gasteiger partial charge on any atom is -0.378 e. The summed E-state index contributed by atoms with van der Waals surface area (Å²) in [7, 11) is 0. The molecule has 0 radical (unpaired) electrons. The molecule has 1 unspecified atom stereocenters. The number of rotatable bonds is 30. The third-order valence-electron chi connectivity index (χ3n) is 7.69. The fourth-order valence-electron chi connectivity index (χ4n) is 5.16.